The second-order valence-electron chi connectivity index (χ2n) is 3.89. The van der Waals surface area contributed by atoms with Crippen LogP contribution in [0.4, 0.5) is 0 Å². The summed E-state index contributed by atoms with van der Waals surface area (Å²) in [7, 11) is 0. The third kappa shape index (κ3) is 2.38. The Bertz CT molecular complexity index is 658. The minimum Gasteiger partial charge on any atom is -0.481 e. The van der Waals surface area contributed by atoms with Crippen molar-refractivity contribution in [3.05, 3.63) is 50.3 Å². The quantitative estimate of drug-likeness (QED) is 0.908. The van der Waals surface area contributed by atoms with Crippen LogP contribution >= 0.6 is 15.9 Å². The van der Waals surface area contributed by atoms with E-state index in [1.165, 1.54) is 0 Å². The van der Waals surface area contributed by atoms with Gasteiger partial charge in [-0.05, 0) is 25.1 Å². The molecule has 0 atom stereocenters. The van der Waals surface area contributed by atoms with Gasteiger partial charge in [-0.3, -0.25) is 19.4 Å². The Kier molecular flexibility index (Phi) is 3.38. The number of aromatic nitrogens is 2. The van der Waals surface area contributed by atoms with Gasteiger partial charge in [0.05, 0.1) is 17.7 Å². The molecule has 2 N–H and O–H groups in total. The second-order valence-corrected chi connectivity index (χ2v) is 4.81. The smallest absolute Gasteiger partial charge is 0.308 e. The van der Waals surface area contributed by atoms with Crippen LogP contribution in [0.3, 0.4) is 0 Å². The first-order valence-corrected chi connectivity index (χ1v) is 6.06. The Labute approximate surface area is 111 Å². The standard InChI is InChI=1S/C12H11BrN2O3/c1-7-10(6-11(16)17)12(18)14-15(7)9-4-2-3-8(13)5-9/h2-5H,6H2,1H3,(H,14,18)(H,16,17). The fourth-order valence-corrected chi connectivity index (χ4v) is 2.17. The summed E-state index contributed by atoms with van der Waals surface area (Å²) in [5, 5.41) is 11.4. The SMILES string of the molecule is Cc1c(CC(=O)O)c(=O)[nH]n1-c1cccc(Br)c1. The first-order valence-electron chi connectivity index (χ1n) is 5.27. The van der Waals surface area contributed by atoms with E-state index in [-0.39, 0.29) is 17.5 Å². The number of carbonyl (C=O) groups is 1. The molecule has 1 aromatic heterocycles. The minimum atomic E-state index is -1.02. The number of aromatic amines is 1. The summed E-state index contributed by atoms with van der Waals surface area (Å²) >= 11 is 3.35. The molecule has 0 aliphatic heterocycles. The van der Waals surface area contributed by atoms with Crippen molar-refractivity contribution in [3.8, 4) is 5.69 Å². The lowest BCUT2D eigenvalue weighted by atomic mass is 10.2. The zero-order chi connectivity index (χ0) is 13.3. The average Bonchev–Trinajstić information content (AvgIpc) is 2.56. The van der Waals surface area contributed by atoms with Crippen LogP contribution < -0.4 is 5.56 Å². The Morgan fingerprint density at radius 3 is 2.83 bits per heavy atom. The average molecular weight is 311 g/mol. The van der Waals surface area contributed by atoms with Crippen LogP contribution in [-0.2, 0) is 11.2 Å². The zero-order valence-electron chi connectivity index (χ0n) is 9.61. The molecule has 0 fully saturated rings. The molecular formula is C12H11BrN2O3. The van der Waals surface area contributed by atoms with Crippen molar-refractivity contribution in [1.82, 2.24) is 9.78 Å². The van der Waals surface area contributed by atoms with Gasteiger partial charge in [0.2, 0.25) is 0 Å². The van der Waals surface area contributed by atoms with E-state index >= 15 is 0 Å². The Morgan fingerprint density at radius 2 is 2.22 bits per heavy atom. The number of halogens is 1. The van der Waals surface area contributed by atoms with Crippen LogP contribution in [0, 0.1) is 6.92 Å². The van der Waals surface area contributed by atoms with E-state index in [4.69, 9.17) is 5.11 Å². The molecule has 6 heteroatoms. The van der Waals surface area contributed by atoms with Crippen LogP contribution in [-0.4, -0.2) is 20.9 Å². The Morgan fingerprint density at radius 1 is 1.50 bits per heavy atom. The number of nitrogens with one attached hydrogen (secondary N) is 1. The summed E-state index contributed by atoms with van der Waals surface area (Å²) in [6.07, 6.45) is -0.276. The van der Waals surface area contributed by atoms with Gasteiger partial charge in [0.25, 0.3) is 5.56 Å². The lowest BCUT2D eigenvalue weighted by molar-refractivity contribution is -0.136. The maximum atomic E-state index is 11.7. The maximum absolute atomic E-state index is 11.7. The molecular weight excluding hydrogens is 300 g/mol. The minimum absolute atomic E-state index is 0.276. The molecule has 18 heavy (non-hydrogen) atoms. The first kappa shape index (κ1) is 12.6. The van der Waals surface area contributed by atoms with E-state index in [0.717, 1.165) is 10.2 Å². The van der Waals surface area contributed by atoms with Crippen molar-refractivity contribution < 1.29 is 9.90 Å². The largest absolute Gasteiger partial charge is 0.481 e. The lowest BCUT2D eigenvalue weighted by Gasteiger charge is -2.06. The molecule has 0 saturated carbocycles. The van der Waals surface area contributed by atoms with Gasteiger partial charge in [-0.15, -0.1) is 0 Å². The number of hydrogen-bond donors (Lipinski definition) is 2. The summed E-state index contributed by atoms with van der Waals surface area (Å²) in [5.41, 5.74) is 1.30. The molecule has 1 heterocycles. The summed E-state index contributed by atoms with van der Waals surface area (Å²) in [4.78, 5) is 22.4. The number of nitrogens with zero attached hydrogens (tertiary/aromatic N) is 1. The van der Waals surface area contributed by atoms with Gasteiger partial charge in [0.15, 0.2) is 0 Å². The number of hydrogen-bond acceptors (Lipinski definition) is 2. The fourth-order valence-electron chi connectivity index (χ4n) is 1.78. The molecule has 0 amide bonds. The van der Waals surface area contributed by atoms with Crippen molar-refractivity contribution in [2.45, 2.75) is 13.3 Å². The molecule has 5 nitrogen and oxygen atoms in total. The molecule has 0 bridgehead atoms. The zero-order valence-corrected chi connectivity index (χ0v) is 11.2. The third-order valence-electron chi connectivity index (χ3n) is 2.65. The monoisotopic (exact) mass is 310 g/mol. The highest BCUT2D eigenvalue weighted by Crippen LogP contribution is 2.16. The number of carboxylic acids is 1. The number of carboxylic acid groups (broad SMARTS) is 1. The van der Waals surface area contributed by atoms with Gasteiger partial charge in [0.1, 0.15) is 0 Å². The summed E-state index contributed by atoms with van der Waals surface area (Å²) < 4.78 is 2.47. The number of H-pyrrole nitrogens is 1. The van der Waals surface area contributed by atoms with Crippen LogP contribution in [0.25, 0.3) is 5.69 Å². The van der Waals surface area contributed by atoms with E-state index in [1.54, 1.807) is 11.6 Å². The maximum Gasteiger partial charge on any atom is 0.308 e. The molecule has 0 spiro atoms. The highest BCUT2D eigenvalue weighted by atomic mass is 79.9. The van der Waals surface area contributed by atoms with Crippen molar-refractivity contribution in [3.63, 3.8) is 0 Å². The molecule has 0 aliphatic carbocycles. The topological polar surface area (TPSA) is 75.1 Å². The van der Waals surface area contributed by atoms with Crippen molar-refractivity contribution >= 4 is 21.9 Å². The van der Waals surface area contributed by atoms with Crippen molar-refractivity contribution in [2.24, 2.45) is 0 Å². The normalized spacial score (nSPS) is 10.6. The van der Waals surface area contributed by atoms with Gasteiger partial charge in [0, 0.05) is 10.2 Å². The Balaban J connectivity index is 2.54. The highest BCUT2D eigenvalue weighted by Gasteiger charge is 2.14. The third-order valence-corrected chi connectivity index (χ3v) is 3.15. The number of benzene rings is 1. The van der Waals surface area contributed by atoms with Crippen LogP contribution in [0.2, 0.25) is 0 Å². The molecule has 0 saturated heterocycles. The molecule has 0 aliphatic rings. The van der Waals surface area contributed by atoms with Gasteiger partial charge in [-0.2, -0.15) is 0 Å². The van der Waals surface area contributed by atoms with Crippen LogP contribution in [0.15, 0.2) is 33.5 Å². The van der Waals surface area contributed by atoms with Gasteiger partial charge < -0.3 is 5.11 Å². The van der Waals surface area contributed by atoms with Gasteiger partial charge in [-0.25, -0.2) is 0 Å². The Hall–Kier alpha value is -1.82. The predicted octanol–water partition coefficient (Wildman–Crippen LogP) is 1.86. The van der Waals surface area contributed by atoms with E-state index in [1.807, 2.05) is 24.3 Å². The summed E-state index contributed by atoms with van der Waals surface area (Å²) in [6.45, 7) is 1.72. The predicted molar refractivity (Wildman–Crippen MR) is 70.2 cm³/mol. The molecule has 1 aromatic carbocycles. The lowest BCUT2D eigenvalue weighted by Crippen LogP contribution is -2.11. The van der Waals surface area contributed by atoms with Crippen LogP contribution in [0.5, 0.6) is 0 Å². The summed E-state index contributed by atoms with van der Waals surface area (Å²) in [5.74, 6) is -1.02. The van der Waals surface area contributed by atoms with E-state index in [9.17, 15) is 9.59 Å². The molecule has 2 rings (SSSR count). The molecule has 94 valence electrons. The first-order chi connectivity index (χ1) is 8.49. The molecule has 0 radical (unpaired) electrons. The number of aliphatic carboxylic acids is 1. The number of rotatable bonds is 3. The summed E-state index contributed by atoms with van der Waals surface area (Å²) in [6, 6.07) is 7.39. The van der Waals surface area contributed by atoms with E-state index in [2.05, 4.69) is 21.0 Å². The van der Waals surface area contributed by atoms with Gasteiger partial charge in [-0.1, -0.05) is 22.0 Å². The van der Waals surface area contributed by atoms with E-state index < -0.39 is 5.97 Å². The fraction of sp³-hybridized carbons (Fsp3) is 0.167. The molecule has 0 unspecified atom stereocenters. The second kappa shape index (κ2) is 4.81. The van der Waals surface area contributed by atoms with Crippen molar-refractivity contribution in [2.75, 3.05) is 0 Å². The van der Waals surface area contributed by atoms with Gasteiger partial charge >= 0.3 is 5.97 Å². The van der Waals surface area contributed by atoms with Crippen molar-refractivity contribution in [1.29, 1.82) is 0 Å². The van der Waals surface area contributed by atoms with E-state index in [0.29, 0.717) is 5.69 Å². The highest BCUT2D eigenvalue weighted by molar-refractivity contribution is 9.10. The van der Waals surface area contributed by atoms with Crippen LogP contribution in [0.1, 0.15) is 11.3 Å². The molecule has 2 aromatic rings.